The van der Waals surface area contributed by atoms with E-state index in [1.807, 2.05) is 0 Å². The molecule has 0 radical (unpaired) electrons. The van der Waals surface area contributed by atoms with E-state index in [1.165, 1.54) is 4.90 Å². The van der Waals surface area contributed by atoms with Crippen molar-refractivity contribution in [2.24, 2.45) is 17.8 Å². The van der Waals surface area contributed by atoms with E-state index >= 15 is 0 Å². The van der Waals surface area contributed by atoms with Crippen molar-refractivity contribution in [2.75, 3.05) is 4.90 Å². The number of hydrogen-bond donors (Lipinski definition) is 0. The molecule has 0 bridgehead atoms. The van der Waals surface area contributed by atoms with Crippen LogP contribution in [0.5, 0.6) is 0 Å². The van der Waals surface area contributed by atoms with Crippen molar-refractivity contribution in [1.29, 1.82) is 0 Å². The van der Waals surface area contributed by atoms with Crippen molar-refractivity contribution < 1.29 is 9.59 Å². The van der Waals surface area contributed by atoms with Gasteiger partial charge in [0.2, 0.25) is 11.8 Å². The number of imide groups is 1. The molecule has 20 heavy (non-hydrogen) atoms. The van der Waals surface area contributed by atoms with Crippen LogP contribution in [0.25, 0.3) is 0 Å². The standard InChI is InChI=1S/C15H15BrClNO2/c1-2-8-5-10-11(6-8)15(20)18(14(10)19)9-3-4-13(17)12(16)7-9/h3-4,7-8,10-11H,2,5-6H2,1H3. The molecule has 2 aliphatic rings. The van der Waals surface area contributed by atoms with E-state index in [4.69, 9.17) is 11.6 Å². The van der Waals surface area contributed by atoms with Crippen molar-refractivity contribution >= 4 is 45.0 Å². The molecule has 106 valence electrons. The quantitative estimate of drug-likeness (QED) is 0.750. The van der Waals surface area contributed by atoms with Gasteiger partial charge in [0, 0.05) is 4.47 Å². The normalized spacial score (nSPS) is 29.1. The number of amides is 2. The number of carbonyl (C=O) groups excluding carboxylic acids is 2. The van der Waals surface area contributed by atoms with E-state index in [0.717, 1.165) is 19.3 Å². The lowest BCUT2D eigenvalue weighted by molar-refractivity contribution is -0.123. The van der Waals surface area contributed by atoms with E-state index in [-0.39, 0.29) is 23.7 Å². The maximum atomic E-state index is 12.5. The molecular weight excluding hydrogens is 342 g/mol. The first kappa shape index (κ1) is 14.1. The predicted octanol–water partition coefficient (Wildman–Crippen LogP) is 4.03. The van der Waals surface area contributed by atoms with E-state index in [1.54, 1.807) is 18.2 Å². The van der Waals surface area contributed by atoms with E-state index in [0.29, 0.717) is 21.1 Å². The van der Waals surface area contributed by atoms with Crippen LogP contribution in [0, 0.1) is 17.8 Å². The second kappa shape index (κ2) is 5.15. The summed E-state index contributed by atoms with van der Waals surface area (Å²) in [7, 11) is 0. The molecule has 1 saturated carbocycles. The van der Waals surface area contributed by atoms with Gasteiger partial charge in [0.05, 0.1) is 22.5 Å². The summed E-state index contributed by atoms with van der Waals surface area (Å²) in [4.78, 5) is 26.4. The Balaban J connectivity index is 1.91. The summed E-state index contributed by atoms with van der Waals surface area (Å²) in [5.41, 5.74) is 0.610. The van der Waals surface area contributed by atoms with Crippen LogP contribution in [0.4, 0.5) is 5.69 Å². The zero-order chi connectivity index (χ0) is 14.4. The lowest BCUT2D eigenvalue weighted by atomic mass is 10.00. The Morgan fingerprint density at radius 1 is 1.25 bits per heavy atom. The van der Waals surface area contributed by atoms with Crippen molar-refractivity contribution in [3.05, 3.63) is 27.7 Å². The highest BCUT2D eigenvalue weighted by Crippen LogP contribution is 2.45. The molecule has 1 aliphatic heterocycles. The van der Waals surface area contributed by atoms with Gasteiger partial charge >= 0.3 is 0 Å². The maximum Gasteiger partial charge on any atom is 0.237 e. The molecule has 3 nitrogen and oxygen atoms in total. The molecule has 5 heteroatoms. The first-order valence-corrected chi connectivity index (χ1v) is 8.03. The monoisotopic (exact) mass is 355 g/mol. The van der Waals surface area contributed by atoms with E-state index in [9.17, 15) is 9.59 Å². The molecule has 2 amide bonds. The summed E-state index contributed by atoms with van der Waals surface area (Å²) in [6, 6.07) is 5.15. The first-order chi connectivity index (χ1) is 9.52. The fraction of sp³-hybridized carbons (Fsp3) is 0.467. The molecule has 1 aliphatic carbocycles. The number of hydrogen-bond acceptors (Lipinski definition) is 2. The van der Waals surface area contributed by atoms with Gasteiger partial charge in [-0.05, 0) is 52.9 Å². The second-order valence-electron chi connectivity index (χ2n) is 5.57. The highest BCUT2D eigenvalue weighted by molar-refractivity contribution is 9.10. The molecular formula is C15H15BrClNO2. The third-order valence-corrected chi connectivity index (χ3v) is 5.69. The van der Waals surface area contributed by atoms with Crippen LogP contribution in [0.15, 0.2) is 22.7 Å². The molecule has 2 atom stereocenters. The van der Waals surface area contributed by atoms with E-state index < -0.39 is 0 Å². The van der Waals surface area contributed by atoms with Crippen LogP contribution < -0.4 is 4.90 Å². The van der Waals surface area contributed by atoms with Gasteiger partial charge in [0.1, 0.15) is 0 Å². The maximum absolute atomic E-state index is 12.5. The Hall–Kier alpha value is -0.870. The molecule has 3 rings (SSSR count). The minimum atomic E-state index is -0.123. The Morgan fingerprint density at radius 3 is 2.35 bits per heavy atom. The second-order valence-corrected chi connectivity index (χ2v) is 6.83. The van der Waals surface area contributed by atoms with Gasteiger partial charge in [-0.25, -0.2) is 0 Å². The molecule has 1 saturated heterocycles. The molecule has 1 aromatic rings. The Labute approximate surface area is 131 Å². The van der Waals surface area contributed by atoms with Crippen molar-refractivity contribution in [3.8, 4) is 0 Å². The highest BCUT2D eigenvalue weighted by atomic mass is 79.9. The topological polar surface area (TPSA) is 37.4 Å². The van der Waals surface area contributed by atoms with Gasteiger partial charge in [-0.1, -0.05) is 24.9 Å². The van der Waals surface area contributed by atoms with Crippen LogP contribution >= 0.6 is 27.5 Å². The van der Waals surface area contributed by atoms with Gasteiger partial charge in [-0.15, -0.1) is 0 Å². The van der Waals surface area contributed by atoms with Gasteiger partial charge in [0.15, 0.2) is 0 Å². The summed E-state index contributed by atoms with van der Waals surface area (Å²) in [5.74, 6) is 0.163. The van der Waals surface area contributed by atoms with Crippen LogP contribution in [0.2, 0.25) is 5.02 Å². The van der Waals surface area contributed by atoms with Gasteiger partial charge in [-0.2, -0.15) is 0 Å². The number of rotatable bonds is 2. The Bertz CT molecular complexity index is 565. The fourth-order valence-electron chi connectivity index (χ4n) is 3.34. The summed E-state index contributed by atoms with van der Waals surface area (Å²) in [6.07, 6.45) is 2.73. The summed E-state index contributed by atoms with van der Waals surface area (Å²) in [6.45, 7) is 2.12. The van der Waals surface area contributed by atoms with Gasteiger partial charge < -0.3 is 0 Å². The lowest BCUT2D eigenvalue weighted by Crippen LogP contribution is -2.32. The fourth-order valence-corrected chi connectivity index (χ4v) is 3.83. The summed E-state index contributed by atoms with van der Waals surface area (Å²) in [5, 5.41) is 0.569. The van der Waals surface area contributed by atoms with Crippen molar-refractivity contribution in [3.63, 3.8) is 0 Å². The van der Waals surface area contributed by atoms with Crippen molar-refractivity contribution in [2.45, 2.75) is 26.2 Å². The largest absolute Gasteiger partial charge is 0.274 e. The SMILES string of the molecule is CCC1CC2C(=O)N(c3ccc(Cl)c(Br)c3)C(=O)C2C1. The molecule has 1 aromatic carbocycles. The lowest BCUT2D eigenvalue weighted by Gasteiger charge is -2.18. The molecule has 2 unspecified atom stereocenters. The number of fused-ring (bicyclic) bond motifs is 1. The number of benzene rings is 1. The molecule has 0 N–H and O–H groups in total. The van der Waals surface area contributed by atoms with E-state index in [2.05, 4.69) is 22.9 Å². The zero-order valence-corrected chi connectivity index (χ0v) is 13.4. The van der Waals surface area contributed by atoms with Gasteiger partial charge in [0.25, 0.3) is 0 Å². The van der Waals surface area contributed by atoms with Gasteiger partial charge in [-0.3, -0.25) is 14.5 Å². The third-order valence-electron chi connectivity index (χ3n) is 4.47. The van der Waals surface area contributed by atoms with Crippen LogP contribution in [-0.2, 0) is 9.59 Å². The third kappa shape index (κ3) is 2.09. The van der Waals surface area contributed by atoms with Crippen LogP contribution in [0.3, 0.4) is 0 Å². The smallest absolute Gasteiger partial charge is 0.237 e. The Morgan fingerprint density at radius 2 is 1.85 bits per heavy atom. The first-order valence-electron chi connectivity index (χ1n) is 6.85. The molecule has 0 aromatic heterocycles. The average molecular weight is 357 g/mol. The number of nitrogens with zero attached hydrogens (tertiary/aromatic N) is 1. The number of carbonyl (C=O) groups is 2. The molecule has 0 spiro atoms. The summed E-state index contributed by atoms with van der Waals surface area (Å²) < 4.78 is 0.695. The van der Waals surface area contributed by atoms with Crippen molar-refractivity contribution in [1.82, 2.24) is 0 Å². The predicted molar refractivity (Wildman–Crippen MR) is 81.6 cm³/mol. The summed E-state index contributed by atoms with van der Waals surface area (Å²) >= 11 is 9.29. The highest BCUT2D eigenvalue weighted by Gasteiger charge is 2.52. The molecule has 2 fully saturated rings. The Kier molecular flexibility index (Phi) is 3.63. The average Bonchev–Trinajstić information content (AvgIpc) is 2.94. The number of halogens is 2. The zero-order valence-electron chi connectivity index (χ0n) is 11.1. The molecule has 1 heterocycles. The van der Waals surface area contributed by atoms with Crippen LogP contribution in [-0.4, -0.2) is 11.8 Å². The van der Waals surface area contributed by atoms with Crippen LogP contribution in [0.1, 0.15) is 26.2 Å². The number of anilines is 1. The minimum absolute atomic E-state index is 0.0508. The minimum Gasteiger partial charge on any atom is -0.274 e.